The van der Waals surface area contributed by atoms with Crippen LogP contribution in [0.3, 0.4) is 0 Å². The van der Waals surface area contributed by atoms with E-state index in [1.807, 2.05) is 13.2 Å². The van der Waals surface area contributed by atoms with Crippen LogP contribution in [0, 0.1) is 11.6 Å². The molecule has 9 heteroatoms. The summed E-state index contributed by atoms with van der Waals surface area (Å²) in [6, 6.07) is 4.10. The molecule has 0 fully saturated rings. The Balaban J connectivity index is 1.71. The third-order valence-corrected chi connectivity index (χ3v) is 3.96. The molecule has 0 spiro atoms. The molecular weight excluding hydrogens is 328 g/mol. The zero-order valence-corrected chi connectivity index (χ0v) is 13.3. The van der Waals surface area contributed by atoms with Gasteiger partial charge in [0.2, 0.25) is 0 Å². The summed E-state index contributed by atoms with van der Waals surface area (Å²) >= 11 is 0. The van der Waals surface area contributed by atoms with E-state index in [0.717, 1.165) is 17.3 Å². The van der Waals surface area contributed by atoms with Crippen molar-refractivity contribution < 1.29 is 8.78 Å². The van der Waals surface area contributed by atoms with Crippen LogP contribution in [0.4, 0.5) is 8.78 Å². The van der Waals surface area contributed by atoms with Gasteiger partial charge in [-0.3, -0.25) is 20.1 Å². The number of nitrogens with zero attached hydrogens (tertiary/aromatic N) is 5. The molecule has 0 aliphatic carbocycles. The highest BCUT2D eigenvalue weighted by Crippen LogP contribution is 2.34. The lowest BCUT2D eigenvalue weighted by Crippen LogP contribution is -2.34. The number of benzene rings is 1. The standard InChI is InChI=1S/C16H15F2N7/c1-23-6-11(5-21-23)15-16-13(8-24(19)9-20-16)25(22-15)7-10-3-2-4-12(17)14(10)18/h2-6,8-9,22H,7,19H2,1H3. The molecule has 0 radical (unpaired) electrons. The van der Waals surface area contributed by atoms with Crippen molar-refractivity contribution in [2.45, 2.75) is 6.54 Å². The molecule has 0 amide bonds. The Bertz CT molecular complexity index is 928. The van der Waals surface area contributed by atoms with Crippen molar-refractivity contribution >= 4 is 12.0 Å². The molecule has 7 nitrogen and oxygen atoms in total. The van der Waals surface area contributed by atoms with Gasteiger partial charge in [0.05, 0.1) is 18.4 Å². The molecule has 2 aliphatic heterocycles. The first-order valence-corrected chi connectivity index (χ1v) is 7.53. The van der Waals surface area contributed by atoms with E-state index in [0.29, 0.717) is 11.4 Å². The number of aliphatic imine (C=N–C) groups is 1. The Morgan fingerprint density at radius 3 is 2.88 bits per heavy atom. The van der Waals surface area contributed by atoms with Gasteiger partial charge in [-0.25, -0.2) is 19.6 Å². The van der Waals surface area contributed by atoms with Gasteiger partial charge in [0, 0.05) is 30.6 Å². The zero-order chi connectivity index (χ0) is 17.6. The van der Waals surface area contributed by atoms with E-state index in [2.05, 4.69) is 15.5 Å². The lowest BCUT2D eigenvalue weighted by atomic mass is 10.1. The monoisotopic (exact) mass is 343 g/mol. The fourth-order valence-corrected chi connectivity index (χ4v) is 2.78. The maximum atomic E-state index is 14.0. The normalized spacial score (nSPS) is 16.2. The predicted octanol–water partition coefficient (Wildman–Crippen LogP) is 1.45. The van der Waals surface area contributed by atoms with Crippen LogP contribution >= 0.6 is 0 Å². The van der Waals surface area contributed by atoms with Crippen molar-refractivity contribution in [2.75, 3.05) is 0 Å². The van der Waals surface area contributed by atoms with Crippen LogP contribution < -0.4 is 11.3 Å². The second kappa shape index (κ2) is 5.71. The van der Waals surface area contributed by atoms with Gasteiger partial charge < -0.3 is 0 Å². The van der Waals surface area contributed by atoms with Crippen molar-refractivity contribution in [1.29, 1.82) is 0 Å². The molecule has 1 aromatic carbocycles. The topological polar surface area (TPSA) is 74.7 Å². The van der Waals surface area contributed by atoms with Crippen LogP contribution in [-0.4, -0.2) is 26.1 Å². The molecule has 128 valence electrons. The minimum absolute atomic E-state index is 0.103. The number of halogens is 2. The first-order valence-electron chi connectivity index (χ1n) is 7.53. The number of hydrazine groups is 2. The number of rotatable bonds is 3. The van der Waals surface area contributed by atoms with Crippen molar-refractivity contribution in [3.8, 4) is 0 Å². The number of aryl methyl sites for hydroxylation is 1. The summed E-state index contributed by atoms with van der Waals surface area (Å²) in [5.41, 5.74) is 6.27. The molecule has 2 aromatic rings. The van der Waals surface area contributed by atoms with Gasteiger partial charge in [0.25, 0.3) is 0 Å². The maximum Gasteiger partial charge on any atom is 0.163 e. The van der Waals surface area contributed by atoms with Crippen LogP contribution in [0.15, 0.2) is 53.2 Å². The van der Waals surface area contributed by atoms with E-state index in [9.17, 15) is 8.78 Å². The Labute approximate surface area is 142 Å². The Morgan fingerprint density at radius 2 is 2.12 bits per heavy atom. The highest BCUT2D eigenvalue weighted by Gasteiger charge is 2.31. The second-order valence-corrected chi connectivity index (χ2v) is 5.74. The summed E-state index contributed by atoms with van der Waals surface area (Å²) in [5.74, 6) is 4.02. The molecule has 2 aliphatic rings. The van der Waals surface area contributed by atoms with Gasteiger partial charge in [0.15, 0.2) is 11.6 Å². The Hall–Kier alpha value is -3.20. The molecule has 0 bridgehead atoms. The van der Waals surface area contributed by atoms with Gasteiger partial charge in [0.1, 0.15) is 17.7 Å². The average Bonchev–Trinajstić information content (AvgIpc) is 3.16. The summed E-state index contributed by atoms with van der Waals surface area (Å²) in [6.07, 6.45) is 6.67. The summed E-state index contributed by atoms with van der Waals surface area (Å²) in [4.78, 5) is 4.35. The molecule has 25 heavy (non-hydrogen) atoms. The minimum Gasteiger partial charge on any atom is -0.295 e. The fourth-order valence-electron chi connectivity index (χ4n) is 2.78. The third kappa shape index (κ3) is 2.64. The highest BCUT2D eigenvalue weighted by molar-refractivity contribution is 5.77. The molecule has 0 saturated heterocycles. The molecular formula is C16H15F2N7. The summed E-state index contributed by atoms with van der Waals surface area (Å²) in [5, 5.41) is 7.14. The van der Waals surface area contributed by atoms with Crippen LogP contribution in [0.1, 0.15) is 11.1 Å². The fraction of sp³-hybridized carbons (Fsp3) is 0.125. The molecule has 1 aromatic heterocycles. The van der Waals surface area contributed by atoms with E-state index in [1.165, 1.54) is 23.5 Å². The van der Waals surface area contributed by atoms with Gasteiger partial charge in [-0.15, -0.1) is 0 Å². The first kappa shape index (κ1) is 15.3. The number of hydrogen-bond acceptors (Lipinski definition) is 6. The number of fused-ring (bicyclic) bond motifs is 1. The number of hydrogen-bond donors (Lipinski definition) is 2. The third-order valence-electron chi connectivity index (χ3n) is 3.96. The van der Waals surface area contributed by atoms with E-state index >= 15 is 0 Å². The first-order chi connectivity index (χ1) is 12.0. The molecule has 4 rings (SSSR count). The smallest absolute Gasteiger partial charge is 0.163 e. The molecule has 0 saturated carbocycles. The van der Waals surface area contributed by atoms with Crippen LogP contribution in [-0.2, 0) is 13.6 Å². The maximum absolute atomic E-state index is 14.0. The highest BCUT2D eigenvalue weighted by atomic mass is 19.2. The van der Waals surface area contributed by atoms with Crippen molar-refractivity contribution in [3.63, 3.8) is 0 Å². The number of aromatic nitrogens is 2. The number of nitrogens with one attached hydrogen (secondary N) is 1. The summed E-state index contributed by atoms with van der Waals surface area (Å²) < 4.78 is 29.2. The zero-order valence-electron chi connectivity index (χ0n) is 13.3. The largest absolute Gasteiger partial charge is 0.295 e. The van der Waals surface area contributed by atoms with Gasteiger partial charge in [-0.2, -0.15) is 5.10 Å². The van der Waals surface area contributed by atoms with Crippen molar-refractivity contribution in [1.82, 2.24) is 25.2 Å². The lowest BCUT2D eigenvalue weighted by Gasteiger charge is -2.24. The SMILES string of the molecule is Cn1cc(C2=C3N=CN(N)C=C3N(Cc3cccc(F)c3F)N2)cn1. The van der Waals surface area contributed by atoms with E-state index in [4.69, 9.17) is 5.84 Å². The van der Waals surface area contributed by atoms with Gasteiger partial charge in [-0.1, -0.05) is 12.1 Å². The van der Waals surface area contributed by atoms with E-state index in [-0.39, 0.29) is 12.1 Å². The summed E-state index contributed by atoms with van der Waals surface area (Å²) in [6.45, 7) is 0.103. The van der Waals surface area contributed by atoms with Gasteiger partial charge >= 0.3 is 0 Å². The van der Waals surface area contributed by atoms with Crippen LogP contribution in [0.2, 0.25) is 0 Å². The molecule has 0 unspecified atom stereocenters. The number of nitrogens with two attached hydrogens (primary N) is 1. The predicted molar refractivity (Wildman–Crippen MR) is 87.8 cm³/mol. The van der Waals surface area contributed by atoms with E-state index in [1.54, 1.807) is 22.1 Å². The molecule has 3 N–H and O–H groups in total. The van der Waals surface area contributed by atoms with Gasteiger partial charge in [-0.05, 0) is 6.07 Å². The quantitative estimate of drug-likeness (QED) is 0.825. The van der Waals surface area contributed by atoms with Crippen LogP contribution in [0.5, 0.6) is 0 Å². The van der Waals surface area contributed by atoms with Crippen molar-refractivity contribution in [3.05, 3.63) is 70.9 Å². The second-order valence-electron chi connectivity index (χ2n) is 5.74. The Kier molecular flexibility index (Phi) is 3.50. The lowest BCUT2D eigenvalue weighted by molar-refractivity contribution is 0.296. The van der Waals surface area contributed by atoms with Crippen molar-refractivity contribution in [2.24, 2.45) is 17.9 Å². The molecule has 0 atom stereocenters. The average molecular weight is 343 g/mol. The van der Waals surface area contributed by atoms with Crippen LogP contribution in [0.25, 0.3) is 5.70 Å². The minimum atomic E-state index is -0.881. The summed E-state index contributed by atoms with van der Waals surface area (Å²) in [7, 11) is 1.81. The Morgan fingerprint density at radius 1 is 1.28 bits per heavy atom. The molecule has 3 heterocycles. The van der Waals surface area contributed by atoms with E-state index < -0.39 is 11.6 Å².